The van der Waals surface area contributed by atoms with E-state index in [1.807, 2.05) is 0 Å². The predicted octanol–water partition coefficient (Wildman–Crippen LogP) is 1.21. The summed E-state index contributed by atoms with van der Waals surface area (Å²) in [6, 6.07) is 6.71. The Labute approximate surface area is 152 Å². The fraction of sp³-hybridized carbons (Fsp3) is 0.400. The molecule has 26 heavy (non-hydrogen) atoms. The molecule has 3 N–H and O–H groups in total. The molecular formula is C20H21NO5. The Morgan fingerprint density at radius 1 is 1.23 bits per heavy atom. The molecule has 0 saturated heterocycles. The van der Waals surface area contributed by atoms with Crippen LogP contribution in [0.4, 0.5) is 0 Å². The molecule has 6 nitrogen and oxygen atoms in total. The summed E-state index contributed by atoms with van der Waals surface area (Å²) >= 11 is 0. The Morgan fingerprint density at radius 3 is 2.27 bits per heavy atom. The molecule has 0 aromatic heterocycles. The molecule has 0 spiro atoms. The fourth-order valence-electron chi connectivity index (χ4n) is 1.74. The maximum Gasteiger partial charge on any atom is 0.339 e. The zero-order chi connectivity index (χ0) is 19.2. The summed E-state index contributed by atoms with van der Waals surface area (Å²) < 4.78 is 9.16. The summed E-state index contributed by atoms with van der Waals surface area (Å²) in [5.41, 5.74) is 5.59. The van der Waals surface area contributed by atoms with Gasteiger partial charge >= 0.3 is 11.9 Å². The second kappa shape index (κ2) is 8.53. The summed E-state index contributed by atoms with van der Waals surface area (Å²) in [6.07, 6.45) is 1.88. The number of methoxy groups -OCH3 is 1. The molecule has 136 valence electrons. The molecule has 2 saturated carbocycles. The fourth-order valence-corrected chi connectivity index (χ4v) is 1.74. The number of aliphatic hydroxyl groups excluding tert-OH is 1. The van der Waals surface area contributed by atoms with Gasteiger partial charge in [-0.3, -0.25) is 10.5 Å². The molecule has 0 amide bonds. The number of hydrogen-bond donors (Lipinski definition) is 2. The van der Waals surface area contributed by atoms with E-state index in [9.17, 15) is 14.7 Å². The number of ether oxygens (including phenoxy) is 2. The molecule has 6 heteroatoms. The van der Waals surface area contributed by atoms with Crippen molar-refractivity contribution in [2.75, 3.05) is 7.11 Å². The lowest BCUT2D eigenvalue weighted by molar-refractivity contribution is -0.137. The van der Waals surface area contributed by atoms with E-state index in [-0.39, 0.29) is 12.4 Å². The van der Waals surface area contributed by atoms with Gasteiger partial charge in [0.25, 0.3) is 0 Å². The van der Waals surface area contributed by atoms with E-state index in [0.717, 1.165) is 5.56 Å². The van der Waals surface area contributed by atoms with E-state index in [1.165, 1.54) is 26.9 Å². The van der Waals surface area contributed by atoms with Crippen molar-refractivity contribution in [2.45, 2.75) is 38.0 Å². The average Bonchev–Trinajstić information content (AvgIpc) is 3.52. The predicted molar refractivity (Wildman–Crippen MR) is 94.5 cm³/mol. The molecule has 2 aliphatic carbocycles. The first-order valence-corrected chi connectivity index (χ1v) is 8.20. The van der Waals surface area contributed by atoms with Crippen LogP contribution in [-0.2, 0) is 14.3 Å². The van der Waals surface area contributed by atoms with Crippen LogP contribution in [0, 0.1) is 29.6 Å². The number of hydrogen-bond acceptors (Lipinski definition) is 6. The minimum absolute atomic E-state index is 0.245. The van der Waals surface area contributed by atoms with Crippen LogP contribution in [0.2, 0.25) is 0 Å². The van der Waals surface area contributed by atoms with Crippen LogP contribution in [0.3, 0.4) is 0 Å². The summed E-state index contributed by atoms with van der Waals surface area (Å²) in [7, 11) is 1.35. The van der Waals surface area contributed by atoms with Crippen molar-refractivity contribution in [1.82, 2.24) is 0 Å². The maximum absolute atomic E-state index is 11.8. The van der Waals surface area contributed by atoms with E-state index in [2.05, 4.69) is 28.4 Å². The monoisotopic (exact) mass is 355 g/mol. The number of carbonyl (C=O) groups is 2. The maximum atomic E-state index is 11.8. The number of rotatable bonds is 2. The van der Waals surface area contributed by atoms with Crippen molar-refractivity contribution < 1.29 is 24.2 Å². The SMILES string of the molecule is COC(C)=O.NC1(OC(=O)c2ccc(C#CC#CC3CC3)cc2)CC1O. The molecule has 2 atom stereocenters. The van der Waals surface area contributed by atoms with Crippen molar-refractivity contribution >= 4 is 11.9 Å². The van der Waals surface area contributed by atoms with Gasteiger partial charge in [-0.25, -0.2) is 4.79 Å². The first-order chi connectivity index (χ1) is 12.3. The van der Waals surface area contributed by atoms with Crippen molar-refractivity contribution in [3.05, 3.63) is 35.4 Å². The molecule has 2 fully saturated rings. The van der Waals surface area contributed by atoms with Crippen LogP contribution in [-0.4, -0.2) is 36.0 Å². The van der Waals surface area contributed by atoms with Gasteiger partial charge in [-0.15, -0.1) is 0 Å². The summed E-state index contributed by atoms with van der Waals surface area (Å²) in [5.74, 6) is 11.4. The standard InChI is InChI=1S/C17H15NO3.C3H6O2/c18-17(11-15(17)19)21-16(20)14-9-7-13(8-10-14)4-2-1-3-12-5-6-12;1-3(4)5-2/h7-10,12,15,19H,5-6,11,18H2;1-2H3. The zero-order valence-corrected chi connectivity index (χ0v) is 14.7. The average molecular weight is 355 g/mol. The third kappa shape index (κ3) is 6.25. The van der Waals surface area contributed by atoms with Gasteiger partial charge in [0.15, 0.2) is 5.72 Å². The van der Waals surface area contributed by atoms with Gasteiger partial charge in [-0.1, -0.05) is 11.8 Å². The molecule has 0 heterocycles. The molecule has 2 aliphatic rings. The normalized spacial score (nSPS) is 22.2. The van der Waals surface area contributed by atoms with E-state index >= 15 is 0 Å². The molecule has 0 radical (unpaired) electrons. The van der Waals surface area contributed by atoms with Crippen molar-refractivity contribution in [3.8, 4) is 23.7 Å². The lowest BCUT2D eigenvalue weighted by Gasteiger charge is -2.11. The second-order valence-electron chi connectivity index (χ2n) is 6.13. The molecule has 3 rings (SSSR count). The highest BCUT2D eigenvalue weighted by molar-refractivity contribution is 5.90. The molecule has 2 unspecified atom stereocenters. The van der Waals surface area contributed by atoms with Crippen molar-refractivity contribution in [3.63, 3.8) is 0 Å². The van der Waals surface area contributed by atoms with Gasteiger partial charge in [0.1, 0.15) is 6.10 Å². The summed E-state index contributed by atoms with van der Waals surface area (Å²) in [4.78, 5) is 21.4. The summed E-state index contributed by atoms with van der Waals surface area (Å²) in [6.45, 7) is 1.36. The second-order valence-corrected chi connectivity index (χ2v) is 6.13. The first-order valence-electron chi connectivity index (χ1n) is 8.20. The number of carbonyl (C=O) groups excluding carboxylic acids is 2. The number of nitrogens with two attached hydrogens (primary N) is 1. The molecular weight excluding hydrogens is 334 g/mol. The number of benzene rings is 1. The van der Waals surface area contributed by atoms with Crippen LogP contribution in [0.1, 0.15) is 42.1 Å². The van der Waals surface area contributed by atoms with Crippen LogP contribution < -0.4 is 5.73 Å². The lowest BCUT2D eigenvalue weighted by atomic mass is 10.1. The van der Waals surface area contributed by atoms with Crippen molar-refractivity contribution in [2.24, 2.45) is 11.7 Å². The van der Waals surface area contributed by atoms with Gasteiger partial charge in [-0.2, -0.15) is 0 Å². The van der Waals surface area contributed by atoms with Crippen molar-refractivity contribution in [1.29, 1.82) is 0 Å². The largest absolute Gasteiger partial charge is 0.469 e. The molecule has 1 aromatic carbocycles. The number of aliphatic hydroxyl groups is 1. The Hall–Kier alpha value is -2.80. The smallest absolute Gasteiger partial charge is 0.339 e. The third-order valence-electron chi connectivity index (χ3n) is 3.73. The van der Waals surface area contributed by atoms with Gasteiger partial charge in [0.2, 0.25) is 0 Å². The Kier molecular flexibility index (Phi) is 6.41. The number of esters is 2. The highest BCUT2D eigenvalue weighted by Gasteiger charge is 2.54. The van der Waals surface area contributed by atoms with E-state index in [1.54, 1.807) is 24.3 Å². The highest BCUT2D eigenvalue weighted by Crippen LogP contribution is 2.34. The van der Waals surface area contributed by atoms with E-state index in [4.69, 9.17) is 10.5 Å². The quantitative estimate of drug-likeness (QED) is 0.470. The lowest BCUT2D eigenvalue weighted by Crippen LogP contribution is -2.33. The van der Waals surface area contributed by atoms with E-state index in [0.29, 0.717) is 11.5 Å². The Bertz CT molecular complexity index is 789. The van der Waals surface area contributed by atoms with Gasteiger partial charge in [0.05, 0.1) is 12.7 Å². The van der Waals surface area contributed by atoms with E-state index < -0.39 is 17.8 Å². The third-order valence-corrected chi connectivity index (χ3v) is 3.73. The van der Waals surface area contributed by atoms with Crippen LogP contribution in [0.25, 0.3) is 0 Å². The molecule has 0 bridgehead atoms. The topological polar surface area (TPSA) is 98.9 Å². The van der Waals surface area contributed by atoms with Gasteiger partial charge in [0, 0.05) is 24.8 Å². The molecule has 0 aliphatic heterocycles. The summed E-state index contributed by atoms with van der Waals surface area (Å²) in [5, 5.41) is 9.26. The van der Waals surface area contributed by atoms with Gasteiger partial charge < -0.3 is 14.6 Å². The zero-order valence-electron chi connectivity index (χ0n) is 14.7. The minimum Gasteiger partial charge on any atom is -0.469 e. The van der Waals surface area contributed by atoms with Crippen LogP contribution >= 0.6 is 0 Å². The first kappa shape index (κ1) is 19.5. The van der Waals surface area contributed by atoms with Gasteiger partial charge in [-0.05, 0) is 48.9 Å². The highest BCUT2D eigenvalue weighted by atomic mass is 16.6. The Balaban J connectivity index is 0.000000431. The minimum atomic E-state index is -1.21. The Morgan fingerprint density at radius 2 is 1.81 bits per heavy atom. The van der Waals surface area contributed by atoms with Crippen LogP contribution in [0.15, 0.2) is 24.3 Å². The van der Waals surface area contributed by atoms with Crippen LogP contribution in [0.5, 0.6) is 0 Å². The molecule has 1 aromatic rings.